The number of nitrogens with two attached hydrogens (primary N) is 1. The van der Waals surface area contributed by atoms with E-state index in [4.69, 9.17) is 26.8 Å². The number of halogens is 1. The largest absolute Gasteiger partial charge is 0.493 e. The highest BCUT2D eigenvalue weighted by atomic mass is 35.5. The zero-order chi connectivity index (χ0) is 18.6. The van der Waals surface area contributed by atoms with Crippen LogP contribution in [0.5, 0.6) is 11.5 Å². The number of primary amides is 1. The fraction of sp³-hybridized carbons (Fsp3) is 0.222. The molecule has 2 amide bonds. The van der Waals surface area contributed by atoms with E-state index in [-0.39, 0.29) is 17.9 Å². The van der Waals surface area contributed by atoms with Crippen LogP contribution in [0.15, 0.2) is 30.3 Å². The summed E-state index contributed by atoms with van der Waals surface area (Å²) >= 11 is 6.17. The van der Waals surface area contributed by atoms with Gasteiger partial charge in [-0.3, -0.25) is 9.59 Å². The quantitative estimate of drug-likeness (QED) is 0.826. The van der Waals surface area contributed by atoms with Gasteiger partial charge in [-0.15, -0.1) is 0 Å². The maximum absolute atomic E-state index is 12.2. The third-order valence-corrected chi connectivity index (χ3v) is 3.81. The Bertz CT molecular complexity index is 798. The van der Waals surface area contributed by atoms with Crippen molar-refractivity contribution in [1.82, 2.24) is 0 Å². The Morgan fingerprint density at radius 3 is 2.56 bits per heavy atom. The standard InChI is InChI=1S/C18H19ClN2O4/c1-10-7-11(2)16(13(19)8-10)21-15(22)9-25-17-12(18(20)23)5-4-6-14(17)24-3/h4-8H,9H2,1-3H3,(H2,20,23)(H,21,22). The van der Waals surface area contributed by atoms with Crippen LogP contribution in [0.25, 0.3) is 0 Å². The third-order valence-electron chi connectivity index (χ3n) is 3.51. The summed E-state index contributed by atoms with van der Waals surface area (Å²) in [5, 5.41) is 3.15. The van der Waals surface area contributed by atoms with Gasteiger partial charge in [-0.25, -0.2) is 0 Å². The summed E-state index contributed by atoms with van der Waals surface area (Å²) in [6, 6.07) is 8.39. The van der Waals surface area contributed by atoms with E-state index in [1.165, 1.54) is 13.2 Å². The highest BCUT2D eigenvalue weighted by molar-refractivity contribution is 6.34. The fourth-order valence-corrected chi connectivity index (χ4v) is 2.78. The summed E-state index contributed by atoms with van der Waals surface area (Å²) in [6.07, 6.45) is 0. The van der Waals surface area contributed by atoms with E-state index in [1.54, 1.807) is 18.2 Å². The SMILES string of the molecule is COc1cccc(C(N)=O)c1OCC(=O)Nc1c(C)cc(C)cc1Cl. The minimum atomic E-state index is -0.674. The molecule has 0 aliphatic carbocycles. The van der Waals surface area contributed by atoms with E-state index in [9.17, 15) is 9.59 Å². The van der Waals surface area contributed by atoms with Gasteiger partial charge >= 0.3 is 0 Å². The second-order valence-corrected chi connectivity index (χ2v) is 5.88. The molecule has 7 heteroatoms. The van der Waals surface area contributed by atoms with Crippen molar-refractivity contribution >= 4 is 29.1 Å². The highest BCUT2D eigenvalue weighted by Crippen LogP contribution is 2.31. The molecule has 0 aliphatic rings. The van der Waals surface area contributed by atoms with Gasteiger partial charge in [0.25, 0.3) is 11.8 Å². The lowest BCUT2D eigenvalue weighted by molar-refractivity contribution is -0.118. The van der Waals surface area contributed by atoms with Gasteiger partial charge in [0.2, 0.25) is 0 Å². The smallest absolute Gasteiger partial charge is 0.262 e. The number of benzene rings is 2. The molecule has 0 bridgehead atoms. The zero-order valence-corrected chi connectivity index (χ0v) is 14.9. The molecule has 0 aromatic heterocycles. The van der Waals surface area contributed by atoms with Crippen molar-refractivity contribution in [3.63, 3.8) is 0 Å². The number of anilines is 1. The number of hydrogen-bond donors (Lipinski definition) is 2. The Labute approximate surface area is 150 Å². The van der Waals surface area contributed by atoms with Crippen LogP contribution < -0.4 is 20.5 Å². The molecule has 2 aromatic rings. The van der Waals surface area contributed by atoms with Gasteiger partial charge in [-0.2, -0.15) is 0 Å². The lowest BCUT2D eigenvalue weighted by Gasteiger charge is -2.15. The molecule has 2 rings (SSSR count). The minimum absolute atomic E-state index is 0.124. The number of carbonyl (C=O) groups excluding carboxylic acids is 2. The van der Waals surface area contributed by atoms with Crippen LogP contribution in [0.4, 0.5) is 5.69 Å². The first kappa shape index (κ1) is 18.6. The summed E-state index contributed by atoms with van der Waals surface area (Å²) in [5.41, 5.74) is 7.83. The lowest BCUT2D eigenvalue weighted by atomic mass is 10.1. The molecule has 0 radical (unpaired) electrons. The number of carbonyl (C=O) groups is 2. The van der Waals surface area contributed by atoms with Crippen molar-refractivity contribution in [3.8, 4) is 11.5 Å². The van der Waals surface area contributed by atoms with Crippen molar-refractivity contribution < 1.29 is 19.1 Å². The van der Waals surface area contributed by atoms with E-state index >= 15 is 0 Å². The molecule has 6 nitrogen and oxygen atoms in total. The predicted molar refractivity (Wildman–Crippen MR) is 96.6 cm³/mol. The van der Waals surface area contributed by atoms with Gasteiger partial charge in [0, 0.05) is 0 Å². The van der Waals surface area contributed by atoms with Gasteiger partial charge < -0.3 is 20.5 Å². The molecule has 3 N–H and O–H groups in total. The molecule has 0 saturated heterocycles. The number of para-hydroxylation sites is 1. The number of rotatable bonds is 6. The number of hydrogen-bond acceptors (Lipinski definition) is 4. The van der Waals surface area contributed by atoms with Crippen molar-refractivity contribution in [2.24, 2.45) is 5.73 Å². The molecule has 132 valence electrons. The average Bonchev–Trinajstić information content (AvgIpc) is 2.55. The van der Waals surface area contributed by atoms with Crippen LogP contribution in [0.2, 0.25) is 5.02 Å². The van der Waals surface area contributed by atoms with E-state index in [2.05, 4.69) is 5.32 Å². The summed E-state index contributed by atoms with van der Waals surface area (Å²) in [6.45, 7) is 3.44. The summed E-state index contributed by atoms with van der Waals surface area (Å²) in [4.78, 5) is 23.7. The average molecular weight is 363 g/mol. The topological polar surface area (TPSA) is 90.7 Å². The molecule has 0 unspecified atom stereocenters. The first-order valence-electron chi connectivity index (χ1n) is 7.49. The Balaban J connectivity index is 2.15. The second kappa shape index (κ2) is 7.90. The Kier molecular flexibility index (Phi) is 5.88. The van der Waals surface area contributed by atoms with Crippen LogP contribution in [0.1, 0.15) is 21.5 Å². The van der Waals surface area contributed by atoms with Crippen molar-refractivity contribution in [1.29, 1.82) is 0 Å². The third kappa shape index (κ3) is 4.42. The van der Waals surface area contributed by atoms with Crippen molar-refractivity contribution in [3.05, 3.63) is 52.0 Å². The van der Waals surface area contributed by atoms with Crippen LogP contribution in [-0.4, -0.2) is 25.5 Å². The minimum Gasteiger partial charge on any atom is -0.493 e. The fourth-order valence-electron chi connectivity index (χ4n) is 2.41. The predicted octanol–water partition coefficient (Wildman–Crippen LogP) is 3.08. The maximum atomic E-state index is 12.2. The zero-order valence-electron chi connectivity index (χ0n) is 14.2. The molecule has 0 heterocycles. The normalized spacial score (nSPS) is 10.2. The molecule has 0 fully saturated rings. The molecular weight excluding hydrogens is 344 g/mol. The number of methoxy groups -OCH3 is 1. The van der Waals surface area contributed by atoms with Crippen LogP contribution >= 0.6 is 11.6 Å². The number of aryl methyl sites for hydroxylation is 2. The van der Waals surface area contributed by atoms with E-state index in [1.807, 2.05) is 19.9 Å². The number of amides is 2. The summed E-state index contributed by atoms with van der Waals surface area (Å²) in [7, 11) is 1.43. The molecule has 25 heavy (non-hydrogen) atoms. The van der Waals surface area contributed by atoms with Crippen LogP contribution in [0.3, 0.4) is 0 Å². The Morgan fingerprint density at radius 1 is 1.24 bits per heavy atom. The maximum Gasteiger partial charge on any atom is 0.262 e. The van der Waals surface area contributed by atoms with E-state index < -0.39 is 11.8 Å². The van der Waals surface area contributed by atoms with Gasteiger partial charge in [-0.1, -0.05) is 23.7 Å². The molecule has 0 saturated carbocycles. The Morgan fingerprint density at radius 2 is 1.96 bits per heavy atom. The molecule has 0 spiro atoms. The van der Waals surface area contributed by atoms with Crippen LogP contribution in [0, 0.1) is 13.8 Å². The van der Waals surface area contributed by atoms with Gasteiger partial charge in [0.05, 0.1) is 23.4 Å². The molecular formula is C18H19ClN2O4. The molecule has 2 aromatic carbocycles. The highest BCUT2D eigenvalue weighted by Gasteiger charge is 2.17. The lowest BCUT2D eigenvalue weighted by Crippen LogP contribution is -2.22. The Hall–Kier alpha value is -2.73. The molecule has 0 aliphatic heterocycles. The number of nitrogens with one attached hydrogen (secondary N) is 1. The van der Waals surface area contributed by atoms with Crippen LogP contribution in [-0.2, 0) is 4.79 Å². The molecule has 0 atom stereocenters. The first-order valence-corrected chi connectivity index (χ1v) is 7.87. The summed E-state index contributed by atoms with van der Waals surface area (Å²) in [5.74, 6) is -0.657. The van der Waals surface area contributed by atoms with E-state index in [0.29, 0.717) is 16.5 Å². The van der Waals surface area contributed by atoms with Gasteiger partial charge in [0.15, 0.2) is 18.1 Å². The van der Waals surface area contributed by atoms with Gasteiger partial charge in [-0.05, 0) is 43.2 Å². The number of ether oxygens (including phenoxy) is 2. The first-order chi connectivity index (χ1) is 11.8. The summed E-state index contributed by atoms with van der Waals surface area (Å²) < 4.78 is 10.6. The van der Waals surface area contributed by atoms with Gasteiger partial charge in [0.1, 0.15) is 0 Å². The monoisotopic (exact) mass is 362 g/mol. The van der Waals surface area contributed by atoms with Crippen molar-refractivity contribution in [2.75, 3.05) is 19.0 Å². The van der Waals surface area contributed by atoms with E-state index in [0.717, 1.165) is 11.1 Å². The van der Waals surface area contributed by atoms with Crippen molar-refractivity contribution in [2.45, 2.75) is 13.8 Å². The second-order valence-electron chi connectivity index (χ2n) is 5.48.